The molecule has 2 fully saturated rings. The fourth-order valence-corrected chi connectivity index (χ4v) is 3.94. The maximum Gasteiger partial charge on any atom is 0.133 e. The van der Waals surface area contributed by atoms with E-state index < -0.39 is 0 Å². The van der Waals surface area contributed by atoms with Crippen molar-refractivity contribution in [3.05, 3.63) is 48.2 Å². The third-order valence-electron chi connectivity index (χ3n) is 5.31. The summed E-state index contributed by atoms with van der Waals surface area (Å²) in [4.78, 5) is 4.74. The van der Waals surface area contributed by atoms with Crippen molar-refractivity contribution in [1.29, 1.82) is 0 Å². The molecule has 4 rings (SSSR count). The zero-order valence-corrected chi connectivity index (χ0v) is 14.5. The zero-order valence-electron chi connectivity index (χ0n) is 14.5. The fourth-order valence-electron chi connectivity index (χ4n) is 3.94. The van der Waals surface area contributed by atoms with Gasteiger partial charge in [0.15, 0.2) is 0 Å². The highest BCUT2D eigenvalue weighted by atomic mass is 16.5. The molecule has 0 radical (unpaired) electrons. The summed E-state index contributed by atoms with van der Waals surface area (Å²) in [7, 11) is 0. The third-order valence-corrected chi connectivity index (χ3v) is 5.31. The van der Waals surface area contributed by atoms with E-state index in [2.05, 4.69) is 34.1 Å². The number of hydrogen-bond donors (Lipinski definition) is 1. The molecule has 3 heterocycles. The van der Waals surface area contributed by atoms with Gasteiger partial charge < -0.3 is 14.3 Å². The fraction of sp³-hybridized carbons (Fsp3) is 0.500. The Morgan fingerprint density at radius 1 is 1.04 bits per heavy atom. The second kappa shape index (κ2) is 7.70. The van der Waals surface area contributed by atoms with E-state index in [0.717, 1.165) is 63.7 Å². The van der Waals surface area contributed by atoms with Crippen LogP contribution in [0.15, 0.2) is 47.1 Å². The predicted octanol–water partition coefficient (Wildman–Crippen LogP) is 2.21. The molecule has 1 N–H and O–H groups in total. The Morgan fingerprint density at radius 3 is 2.52 bits per heavy atom. The van der Waals surface area contributed by atoms with Crippen LogP contribution >= 0.6 is 0 Å². The summed E-state index contributed by atoms with van der Waals surface area (Å²) in [6, 6.07) is 12.7. The highest BCUT2D eigenvalue weighted by Crippen LogP contribution is 2.23. The van der Waals surface area contributed by atoms with Gasteiger partial charge in [0.1, 0.15) is 5.76 Å². The Hall–Kier alpha value is -1.66. The molecule has 25 heavy (non-hydrogen) atoms. The van der Waals surface area contributed by atoms with Crippen LogP contribution in [-0.4, -0.2) is 66.4 Å². The molecule has 1 aromatic carbocycles. The summed E-state index contributed by atoms with van der Waals surface area (Å²) in [6.45, 7) is 6.10. The van der Waals surface area contributed by atoms with Gasteiger partial charge in [0.25, 0.3) is 0 Å². The van der Waals surface area contributed by atoms with Gasteiger partial charge in [0.05, 0.1) is 25.6 Å². The summed E-state index contributed by atoms with van der Waals surface area (Å²) in [5.41, 5.74) is 2.37. The SMILES string of the molecule is O[C@@H]1CN(Cc2ccc(-c3ccco3)cc2)CC[C@H]1N1CCOCC1. The van der Waals surface area contributed by atoms with E-state index in [1.54, 1.807) is 6.26 Å². The van der Waals surface area contributed by atoms with Crippen LogP contribution in [0.1, 0.15) is 12.0 Å². The molecule has 0 aliphatic carbocycles. The van der Waals surface area contributed by atoms with Gasteiger partial charge in [0.2, 0.25) is 0 Å². The average molecular weight is 342 g/mol. The molecule has 134 valence electrons. The number of furan rings is 1. The van der Waals surface area contributed by atoms with Crippen molar-refractivity contribution in [1.82, 2.24) is 9.80 Å². The summed E-state index contributed by atoms with van der Waals surface area (Å²) < 4.78 is 10.9. The van der Waals surface area contributed by atoms with Crippen LogP contribution in [0.4, 0.5) is 0 Å². The Bertz CT molecular complexity index is 650. The number of likely N-dealkylation sites (tertiary alicyclic amines) is 1. The van der Waals surface area contributed by atoms with Crippen molar-refractivity contribution in [2.24, 2.45) is 0 Å². The minimum absolute atomic E-state index is 0.279. The molecule has 2 saturated heterocycles. The molecular weight excluding hydrogens is 316 g/mol. The minimum atomic E-state index is -0.283. The third kappa shape index (κ3) is 3.96. The highest BCUT2D eigenvalue weighted by Gasteiger charge is 2.32. The number of rotatable bonds is 4. The van der Waals surface area contributed by atoms with E-state index in [4.69, 9.17) is 9.15 Å². The molecule has 5 heteroatoms. The molecule has 2 atom stereocenters. The average Bonchev–Trinajstić information content (AvgIpc) is 3.18. The minimum Gasteiger partial charge on any atom is -0.464 e. The molecule has 0 saturated carbocycles. The summed E-state index contributed by atoms with van der Waals surface area (Å²) >= 11 is 0. The van der Waals surface area contributed by atoms with Gasteiger partial charge in [0, 0.05) is 44.3 Å². The van der Waals surface area contributed by atoms with Gasteiger partial charge in [-0.15, -0.1) is 0 Å². The van der Waals surface area contributed by atoms with Gasteiger partial charge in [-0.05, 0) is 24.1 Å². The van der Waals surface area contributed by atoms with Crippen molar-refractivity contribution in [2.45, 2.75) is 25.1 Å². The molecule has 2 aromatic rings. The van der Waals surface area contributed by atoms with Gasteiger partial charge >= 0.3 is 0 Å². The number of morpholine rings is 1. The number of nitrogens with zero attached hydrogens (tertiary/aromatic N) is 2. The molecule has 0 unspecified atom stereocenters. The van der Waals surface area contributed by atoms with Crippen LogP contribution in [-0.2, 0) is 11.3 Å². The first-order valence-electron chi connectivity index (χ1n) is 9.14. The molecule has 0 spiro atoms. The smallest absolute Gasteiger partial charge is 0.133 e. The number of aliphatic hydroxyl groups is 1. The van der Waals surface area contributed by atoms with Gasteiger partial charge in [-0.2, -0.15) is 0 Å². The number of benzene rings is 1. The van der Waals surface area contributed by atoms with E-state index in [1.165, 1.54) is 5.56 Å². The quantitative estimate of drug-likeness (QED) is 0.923. The van der Waals surface area contributed by atoms with E-state index in [1.807, 2.05) is 12.1 Å². The van der Waals surface area contributed by atoms with Gasteiger partial charge in [-0.25, -0.2) is 0 Å². The summed E-state index contributed by atoms with van der Waals surface area (Å²) in [6.07, 6.45) is 2.43. The molecule has 2 aliphatic rings. The number of β-amino-alcohol motifs (C(OH)–C–C–N with tert-alkyl or cyclic N) is 1. The highest BCUT2D eigenvalue weighted by molar-refractivity contribution is 5.57. The first-order chi connectivity index (χ1) is 12.3. The van der Waals surface area contributed by atoms with Gasteiger partial charge in [-0.3, -0.25) is 9.80 Å². The molecule has 2 aliphatic heterocycles. The lowest BCUT2D eigenvalue weighted by atomic mass is 9.99. The Kier molecular flexibility index (Phi) is 5.17. The number of ether oxygens (including phenoxy) is 1. The topological polar surface area (TPSA) is 49.1 Å². The molecule has 0 amide bonds. The van der Waals surface area contributed by atoms with Crippen molar-refractivity contribution in [3.63, 3.8) is 0 Å². The number of aliphatic hydroxyl groups excluding tert-OH is 1. The molecular formula is C20H26N2O3. The van der Waals surface area contributed by atoms with Crippen LogP contribution in [0.2, 0.25) is 0 Å². The van der Waals surface area contributed by atoms with E-state index in [-0.39, 0.29) is 12.1 Å². The lowest BCUT2D eigenvalue weighted by Gasteiger charge is -2.43. The van der Waals surface area contributed by atoms with Crippen LogP contribution in [0.3, 0.4) is 0 Å². The number of piperidine rings is 1. The Balaban J connectivity index is 1.33. The van der Waals surface area contributed by atoms with Gasteiger partial charge in [-0.1, -0.05) is 24.3 Å². The summed E-state index contributed by atoms with van der Waals surface area (Å²) in [5, 5.41) is 10.6. The van der Waals surface area contributed by atoms with Crippen LogP contribution in [0.25, 0.3) is 11.3 Å². The zero-order chi connectivity index (χ0) is 17.1. The van der Waals surface area contributed by atoms with E-state index in [9.17, 15) is 5.11 Å². The lowest BCUT2D eigenvalue weighted by molar-refractivity contribution is -0.0534. The molecule has 0 bridgehead atoms. The van der Waals surface area contributed by atoms with E-state index in [0.29, 0.717) is 0 Å². The second-order valence-electron chi connectivity index (χ2n) is 6.98. The first-order valence-corrected chi connectivity index (χ1v) is 9.14. The van der Waals surface area contributed by atoms with Crippen LogP contribution in [0, 0.1) is 0 Å². The second-order valence-corrected chi connectivity index (χ2v) is 6.98. The van der Waals surface area contributed by atoms with Crippen LogP contribution < -0.4 is 0 Å². The predicted molar refractivity (Wildman–Crippen MR) is 96.2 cm³/mol. The van der Waals surface area contributed by atoms with Crippen molar-refractivity contribution < 1.29 is 14.3 Å². The Morgan fingerprint density at radius 2 is 1.84 bits per heavy atom. The Labute approximate surface area is 148 Å². The summed E-state index contributed by atoms with van der Waals surface area (Å²) in [5.74, 6) is 0.897. The van der Waals surface area contributed by atoms with Crippen molar-refractivity contribution in [3.8, 4) is 11.3 Å². The largest absolute Gasteiger partial charge is 0.464 e. The van der Waals surface area contributed by atoms with Crippen molar-refractivity contribution in [2.75, 3.05) is 39.4 Å². The monoisotopic (exact) mass is 342 g/mol. The van der Waals surface area contributed by atoms with Crippen molar-refractivity contribution >= 4 is 0 Å². The first kappa shape index (κ1) is 16.8. The maximum absolute atomic E-state index is 10.6. The lowest BCUT2D eigenvalue weighted by Crippen LogP contribution is -2.56. The standard InChI is InChI=1S/C20H26N2O3/c23-19-15-21(8-7-18(19)22-9-12-24-13-10-22)14-16-3-5-17(6-4-16)20-2-1-11-25-20/h1-6,11,18-19,23H,7-10,12-15H2/t18-,19-/m1/s1. The normalized spacial score (nSPS) is 26.0. The van der Waals surface area contributed by atoms with E-state index >= 15 is 0 Å². The molecule has 1 aromatic heterocycles. The number of hydrogen-bond acceptors (Lipinski definition) is 5. The van der Waals surface area contributed by atoms with Crippen LogP contribution in [0.5, 0.6) is 0 Å². The maximum atomic E-state index is 10.6. The molecule has 5 nitrogen and oxygen atoms in total.